The maximum Gasteiger partial charge on any atom is 0.179 e. The van der Waals surface area contributed by atoms with Crippen molar-refractivity contribution in [2.24, 2.45) is 0 Å². The highest BCUT2D eigenvalue weighted by Crippen LogP contribution is 2.17. The predicted molar refractivity (Wildman–Crippen MR) is 50.6 cm³/mol. The van der Waals surface area contributed by atoms with Crippen LogP contribution in [0.3, 0.4) is 0 Å². The van der Waals surface area contributed by atoms with Gasteiger partial charge >= 0.3 is 0 Å². The summed E-state index contributed by atoms with van der Waals surface area (Å²) in [5.74, 6) is 0.324. The van der Waals surface area contributed by atoms with Crippen molar-refractivity contribution in [2.45, 2.75) is 6.92 Å². The number of aromatic nitrogens is 2. The lowest BCUT2D eigenvalue weighted by atomic mass is 10.3. The molecule has 0 aliphatic heterocycles. The molecule has 0 spiro atoms. The first kappa shape index (κ1) is 10.2. The van der Waals surface area contributed by atoms with Crippen LogP contribution in [0.1, 0.15) is 18.3 Å². The highest BCUT2D eigenvalue weighted by molar-refractivity contribution is 6.31. The molecule has 1 aromatic heterocycles. The minimum atomic E-state index is -0.0563. The van der Waals surface area contributed by atoms with Crippen LogP contribution in [0.5, 0.6) is 0 Å². The monoisotopic (exact) mass is 207 g/mol. The topological polar surface area (TPSA) is 85.4 Å². The summed E-state index contributed by atoms with van der Waals surface area (Å²) >= 11 is 5.72. The summed E-state index contributed by atoms with van der Waals surface area (Å²) in [4.78, 5) is 7.60. The van der Waals surface area contributed by atoms with Crippen molar-refractivity contribution < 1.29 is 0 Å². The number of nitriles is 2. The molecule has 1 heterocycles. The average Bonchev–Trinajstić information content (AvgIpc) is 2.20. The summed E-state index contributed by atoms with van der Waals surface area (Å²) in [6.07, 6.45) is 0. The molecule has 14 heavy (non-hydrogen) atoms. The lowest BCUT2D eigenvalue weighted by molar-refractivity contribution is 1.09. The summed E-state index contributed by atoms with van der Waals surface area (Å²) in [5.41, 5.74) is -0.0768. The molecule has 0 saturated heterocycles. The molecule has 0 bridgehead atoms. The van der Waals surface area contributed by atoms with Crippen molar-refractivity contribution in [3.63, 3.8) is 0 Å². The maximum absolute atomic E-state index is 8.66. The van der Waals surface area contributed by atoms with E-state index in [1.54, 1.807) is 12.1 Å². The van der Waals surface area contributed by atoms with E-state index in [1.165, 1.54) is 0 Å². The summed E-state index contributed by atoms with van der Waals surface area (Å²) < 4.78 is 0. The number of nitrogens with zero attached hydrogens (tertiary/aromatic N) is 4. The fraction of sp³-hybridized carbons (Fsp3) is 0.250. The Labute approximate surface area is 86.0 Å². The summed E-state index contributed by atoms with van der Waals surface area (Å²) in [6.45, 7) is 2.48. The molecular formula is C8H6ClN5. The third-order valence-electron chi connectivity index (χ3n) is 1.41. The molecule has 0 unspecified atom stereocenters. The van der Waals surface area contributed by atoms with Gasteiger partial charge in [0.2, 0.25) is 0 Å². The van der Waals surface area contributed by atoms with E-state index in [1.807, 2.05) is 6.92 Å². The molecule has 0 fully saturated rings. The number of hydrogen-bond donors (Lipinski definition) is 1. The molecule has 0 amide bonds. The lowest BCUT2D eigenvalue weighted by Crippen LogP contribution is -2.04. The minimum absolute atomic E-state index is 0.0205. The fourth-order valence-corrected chi connectivity index (χ4v) is 1.04. The van der Waals surface area contributed by atoms with E-state index in [0.29, 0.717) is 12.4 Å². The molecule has 0 aromatic carbocycles. The van der Waals surface area contributed by atoms with Gasteiger partial charge < -0.3 is 5.32 Å². The number of rotatable bonds is 2. The number of halogens is 1. The second-order valence-corrected chi connectivity index (χ2v) is 2.67. The van der Waals surface area contributed by atoms with Crippen LogP contribution >= 0.6 is 11.6 Å². The standard InChI is InChI=1S/C8H6ClN5/c1-2-12-8-7(9)13-5(3-10)6(4-11)14-8/h2H2,1H3,(H,12,14). The van der Waals surface area contributed by atoms with Crippen molar-refractivity contribution in [1.82, 2.24) is 9.97 Å². The lowest BCUT2D eigenvalue weighted by Gasteiger charge is -2.04. The highest BCUT2D eigenvalue weighted by Gasteiger charge is 2.10. The van der Waals surface area contributed by atoms with E-state index < -0.39 is 0 Å². The molecular weight excluding hydrogens is 202 g/mol. The van der Waals surface area contributed by atoms with Gasteiger partial charge in [-0.25, -0.2) is 9.97 Å². The van der Waals surface area contributed by atoms with Crippen LogP contribution in [0.2, 0.25) is 5.15 Å². The summed E-state index contributed by atoms with van der Waals surface area (Å²) in [6, 6.07) is 3.53. The summed E-state index contributed by atoms with van der Waals surface area (Å²) in [5, 5.41) is 20.2. The Bertz CT molecular complexity index is 429. The first-order valence-corrected chi connectivity index (χ1v) is 4.22. The van der Waals surface area contributed by atoms with E-state index in [2.05, 4.69) is 15.3 Å². The third-order valence-corrected chi connectivity index (χ3v) is 1.67. The van der Waals surface area contributed by atoms with Gasteiger partial charge in [-0.3, -0.25) is 0 Å². The van der Waals surface area contributed by atoms with Crippen molar-refractivity contribution >= 4 is 17.4 Å². The molecule has 6 heteroatoms. The Morgan fingerprint density at radius 2 is 1.86 bits per heavy atom. The van der Waals surface area contributed by atoms with Gasteiger partial charge in [0.1, 0.15) is 12.1 Å². The number of hydrogen-bond acceptors (Lipinski definition) is 5. The van der Waals surface area contributed by atoms with Crippen LogP contribution in [0.15, 0.2) is 0 Å². The number of nitrogens with one attached hydrogen (secondary N) is 1. The van der Waals surface area contributed by atoms with Crippen LogP contribution in [0.4, 0.5) is 5.82 Å². The predicted octanol–water partition coefficient (Wildman–Crippen LogP) is 1.31. The van der Waals surface area contributed by atoms with Crippen molar-refractivity contribution in [2.75, 3.05) is 11.9 Å². The first-order valence-electron chi connectivity index (χ1n) is 3.84. The average molecular weight is 208 g/mol. The quantitative estimate of drug-likeness (QED) is 0.790. The SMILES string of the molecule is CCNc1nc(C#N)c(C#N)nc1Cl. The zero-order valence-corrected chi connectivity index (χ0v) is 8.13. The highest BCUT2D eigenvalue weighted by atomic mass is 35.5. The molecule has 70 valence electrons. The normalized spacial score (nSPS) is 8.86. The van der Waals surface area contributed by atoms with E-state index in [9.17, 15) is 0 Å². The largest absolute Gasteiger partial charge is 0.368 e. The molecule has 0 saturated carbocycles. The van der Waals surface area contributed by atoms with Crippen LogP contribution in [0, 0.1) is 22.7 Å². The zero-order chi connectivity index (χ0) is 10.6. The Hall–Kier alpha value is -1.85. The second kappa shape index (κ2) is 4.40. The van der Waals surface area contributed by atoms with E-state index >= 15 is 0 Å². The van der Waals surface area contributed by atoms with Gasteiger partial charge in [0.15, 0.2) is 22.4 Å². The smallest absolute Gasteiger partial charge is 0.179 e. The van der Waals surface area contributed by atoms with E-state index in [4.69, 9.17) is 22.1 Å². The Morgan fingerprint density at radius 1 is 1.29 bits per heavy atom. The van der Waals surface area contributed by atoms with Gasteiger partial charge in [0.25, 0.3) is 0 Å². The van der Waals surface area contributed by atoms with Crippen molar-refractivity contribution in [1.29, 1.82) is 10.5 Å². The number of anilines is 1. The Kier molecular flexibility index (Phi) is 3.22. The fourth-order valence-electron chi connectivity index (χ4n) is 0.851. The molecule has 0 aliphatic carbocycles. The molecule has 0 aliphatic rings. The molecule has 1 aromatic rings. The molecule has 0 radical (unpaired) electrons. The second-order valence-electron chi connectivity index (χ2n) is 2.31. The van der Waals surface area contributed by atoms with Crippen LogP contribution in [0.25, 0.3) is 0 Å². The van der Waals surface area contributed by atoms with E-state index in [0.717, 1.165) is 0 Å². The van der Waals surface area contributed by atoms with Crippen LogP contribution in [-0.2, 0) is 0 Å². The minimum Gasteiger partial charge on any atom is -0.368 e. The maximum atomic E-state index is 8.66. The van der Waals surface area contributed by atoms with Crippen molar-refractivity contribution in [3.8, 4) is 12.1 Å². The van der Waals surface area contributed by atoms with Crippen molar-refractivity contribution in [3.05, 3.63) is 16.5 Å². The molecule has 5 nitrogen and oxygen atoms in total. The zero-order valence-electron chi connectivity index (χ0n) is 7.37. The Balaban J connectivity index is 3.27. The summed E-state index contributed by atoms with van der Waals surface area (Å²) in [7, 11) is 0. The van der Waals surface area contributed by atoms with Crippen LogP contribution < -0.4 is 5.32 Å². The van der Waals surface area contributed by atoms with Gasteiger partial charge in [-0.2, -0.15) is 10.5 Å². The van der Waals surface area contributed by atoms with Gasteiger partial charge in [-0.05, 0) is 6.92 Å². The Morgan fingerprint density at radius 3 is 2.36 bits per heavy atom. The first-order chi connectivity index (χ1) is 6.72. The molecule has 1 N–H and O–H groups in total. The third kappa shape index (κ3) is 1.90. The van der Waals surface area contributed by atoms with Gasteiger partial charge in [0.05, 0.1) is 0 Å². The van der Waals surface area contributed by atoms with Crippen LogP contribution in [-0.4, -0.2) is 16.5 Å². The van der Waals surface area contributed by atoms with Gasteiger partial charge in [-0.1, -0.05) is 11.6 Å². The van der Waals surface area contributed by atoms with E-state index in [-0.39, 0.29) is 16.5 Å². The molecule has 0 atom stereocenters. The van der Waals surface area contributed by atoms with Gasteiger partial charge in [0, 0.05) is 6.54 Å². The molecule has 1 rings (SSSR count). The van der Waals surface area contributed by atoms with Gasteiger partial charge in [-0.15, -0.1) is 0 Å².